The zero-order valence-electron chi connectivity index (χ0n) is 13.4. The molecule has 2 N–H and O–H groups in total. The fourth-order valence-electron chi connectivity index (χ4n) is 2.59. The summed E-state index contributed by atoms with van der Waals surface area (Å²) >= 11 is 1.47. The number of nitrogens with zero attached hydrogens (tertiary/aromatic N) is 2. The topological polar surface area (TPSA) is 89.3 Å². The predicted octanol–water partition coefficient (Wildman–Crippen LogP) is 2.57. The van der Waals surface area contributed by atoms with Gasteiger partial charge in [0.15, 0.2) is 5.13 Å². The predicted molar refractivity (Wildman–Crippen MR) is 86.8 cm³/mol. The first-order chi connectivity index (χ1) is 11.0. The number of anilines is 1. The normalized spacial score (nSPS) is 15.1. The van der Waals surface area contributed by atoms with Gasteiger partial charge in [-0.15, -0.1) is 0 Å². The molecule has 0 fully saturated rings. The van der Waals surface area contributed by atoms with E-state index in [9.17, 15) is 4.79 Å². The van der Waals surface area contributed by atoms with Crippen molar-refractivity contribution in [1.29, 1.82) is 0 Å². The summed E-state index contributed by atoms with van der Waals surface area (Å²) in [6.07, 6.45) is 1.48. The minimum absolute atomic E-state index is 0.0373. The molecule has 0 saturated heterocycles. The van der Waals surface area contributed by atoms with E-state index in [1.165, 1.54) is 11.3 Å². The number of thiazole rings is 1. The summed E-state index contributed by atoms with van der Waals surface area (Å²) in [5.74, 6) is 0.796. The first-order valence-corrected chi connectivity index (χ1v) is 8.40. The Labute approximate surface area is 138 Å². The van der Waals surface area contributed by atoms with Crippen LogP contribution >= 0.6 is 11.3 Å². The van der Waals surface area contributed by atoms with Crippen molar-refractivity contribution in [2.24, 2.45) is 0 Å². The molecule has 2 amide bonds. The average molecular weight is 336 g/mol. The lowest BCUT2D eigenvalue weighted by Gasteiger charge is -2.13. The minimum atomic E-state index is -0.253. The smallest absolute Gasteiger partial charge is 0.321 e. The van der Waals surface area contributed by atoms with Crippen molar-refractivity contribution in [1.82, 2.24) is 15.5 Å². The van der Waals surface area contributed by atoms with Gasteiger partial charge >= 0.3 is 6.03 Å². The summed E-state index contributed by atoms with van der Waals surface area (Å²) < 4.78 is 10.5. The second kappa shape index (κ2) is 6.67. The monoisotopic (exact) mass is 336 g/mol. The van der Waals surface area contributed by atoms with Gasteiger partial charge in [0.1, 0.15) is 5.76 Å². The van der Waals surface area contributed by atoms with Crippen LogP contribution in [0, 0.1) is 13.8 Å². The van der Waals surface area contributed by atoms with E-state index in [0.717, 1.165) is 34.0 Å². The van der Waals surface area contributed by atoms with E-state index in [1.807, 2.05) is 20.8 Å². The Bertz CT molecular complexity index is 667. The molecular formula is C15H20N4O3S. The second-order valence-electron chi connectivity index (χ2n) is 5.70. The molecule has 8 heteroatoms. The fraction of sp³-hybridized carbons (Fsp3) is 0.533. The van der Waals surface area contributed by atoms with Gasteiger partial charge in [0.05, 0.1) is 29.5 Å². The third-order valence-electron chi connectivity index (χ3n) is 3.78. The molecule has 124 valence electrons. The molecule has 0 saturated carbocycles. The third kappa shape index (κ3) is 3.70. The number of hydrogen-bond donors (Lipinski definition) is 2. The number of carbonyl (C=O) groups excluding carboxylic acids is 1. The molecule has 0 bridgehead atoms. The van der Waals surface area contributed by atoms with Crippen molar-refractivity contribution in [3.8, 4) is 0 Å². The number of urea groups is 1. The van der Waals surface area contributed by atoms with Gasteiger partial charge in [-0.3, -0.25) is 5.32 Å². The van der Waals surface area contributed by atoms with Gasteiger partial charge in [-0.25, -0.2) is 9.78 Å². The van der Waals surface area contributed by atoms with E-state index in [2.05, 4.69) is 20.8 Å². The summed E-state index contributed by atoms with van der Waals surface area (Å²) in [7, 11) is 0. The van der Waals surface area contributed by atoms with Gasteiger partial charge < -0.3 is 14.6 Å². The standard InChI is InChI=1S/C15H20N4O3S/c1-8(6-11-9(2)19-22-10(11)3)16-14(20)18-15-17-12-4-5-21-7-13(12)23-15/h8H,4-7H2,1-3H3,(H2,16,17,18,20)/t8-/m1/s1. The van der Waals surface area contributed by atoms with Crippen molar-refractivity contribution in [2.75, 3.05) is 11.9 Å². The molecule has 0 unspecified atom stereocenters. The third-order valence-corrected chi connectivity index (χ3v) is 4.77. The molecule has 7 nitrogen and oxygen atoms in total. The maximum absolute atomic E-state index is 12.1. The van der Waals surface area contributed by atoms with Crippen molar-refractivity contribution < 1.29 is 14.1 Å². The number of rotatable bonds is 4. The van der Waals surface area contributed by atoms with Crippen LogP contribution in [0.25, 0.3) is 0 Å². The van der Waals surface area contributed by atoms with E-state index in [1.54, 1.807) is 0 Å². The van der Waals surface area contributed by atoms with Gasteiger partial charge in [-0.05, 0) is 27.2 Å². The lowest BCUT2D eigenvalue weighted by atomic mass is 10.1. The Hall–Kier alpha value is -1.93. The van der Waals surface area contributed by atoms with Crippen LogP contribution in [0.5, 0.6) is 0 Å². The highest BCUT2D eigenvalue weighted by molar-refractivity contribution is 7.15. The fourth-order valence-corrected chi connectivity index (χ4v) is 3.53. The van der Waals surface area contributed by atoms with Crippen LogP contribution < -0.4 is 10.6 Å². The Kier molecular flexibility index (Phi) is 4.63. The number of amides is 2. The number of nitrogens with one attached hydrogen (secondary N) is 2. The zero-order valence-corrected chi connectivity index (χ0v) is 14.2. The number of carbonyl (C=O) groups is 1. The molecule has 0 spiro atoms. The number of aromatic nitrogens is 2. The molecular weight excluding hydrogens is 316 g/mol. The van der Waals surface area contributed by atoms with Crippen LogP contribution in [0.2, 0.25) is 0 Å². The molecule has 1 atom stereocenters. The summed E-state index contributed by atoms with van der Waals surface area (Å²) in [5.41, 5.74) is 2.93. The molecule has 0 aliphatic carbocycles. The van der Waals surface area contributed by atoms with Gasteiger partial charge in [0, 0.05) is 18.0 Å². The van der Waals surface area contributed by atoms with Crippen LogP contribution in [0.15, 0.2) is 4.52 Å². The SMILES string of the molecule is Cc1noc(C)c1C[C@@H](C)NC(=O)Nc1nc2c(s1)COCC2. The molecule has 2 aromatic rings. The molecule has 0 aromatic carbocycles. The Morgan fingerprint density at radius 3 is 2.96 bits per heavy atom. The first kappa shape index (κ1) is 15.9. The van der Waals surface area contributed by atoms with Gasteiger partial charge in [0.2, 0.25) is 0 Å². The Morgan fingerprint density at radius 2 is 2.26 bits per heavy atom. The van der Waals surface area contributed by atoms with E-state index in [-0.39, 0.29) is 12.1 Å². The van der Waals surface area contributed by atoms with Crippen molar-refractivity contribution in [3.63, 3.8) is 0 Å². The second-order valence-corrected chi connectivity index (χ2v) is 6.78. The lowest BCUT2D eigenvalue weighted by molar-refractivity contribution is 0.112. The number of ether oxygens (including phenoxy) is 1. The summed E-state index contributed by atoms with van der Waals surface area (Å²) in [5, 5.41) is 10.3. The van der Waals surface area contributed by atoms with Gasteiger partial charge in [0.25, 0.3) is 0 Å². The van der Waals surface area contributed by atoms with E-state index in [0.29, 0.717) is 24.8 Å². The Morgan fingerprint density at radius 1 is 1.43 bits per heavy atom. The maximum Gasteiger partial charge on any atom is 0.321 e. The summed E-state index contributed by atoms with van der Waals surface area (Å²) in [6, 6.07) is -0.291. The van der Waals surface area contributed by atoms with E-state index < -0.39 is 0 Å². The molecule has 1 aliphatic heterocycles. The van der Waals surface area contributed by atoms with Gasteiger partial charge in [-0.1, -0.05) is 16.5 Å². The number of fused-ring (bicyclic) bond motifs is 1. The van der Waals surface area contributed by atoms with Crippen LogP contribution in [0.4, 0.5) is 9.93 Å². The molecule has 1 aliphatic rings. The summed E-state index contributed by atoms with van der Waals surface area (Å²) in [4.78, 5) is 17.6. The lowest BCUT2D eigenvalue weighted by Crippen LogP contribution is -2.37. The summed E-state index contributed by atoms with van der Waals surface area (Å²) in [6.45, 7) is 7.01. The molecule has 3 heterocycles. The maximum atomic E-state index is 12.1. The van der Waals surface area contributed by atoms with Crippen LogP contribution in [0.1, 0.15) is 34.5 Å². The highest BCUT2D eigenvalue weighted by atomic mass is 32.1. The number of hydrogen-bond acceptors (Lipinski definition) is 6. The van der Waals surface area contributed by atoms with Crippen LogP contribution in [-0.4, -0.2) is 28.8 Å². The van der Waals surface area contributed by atoms with Crippen molar-refractivity contribution in [2.45, 2.75) is 46.3 Å². The largest absolute Gasteiger partial charge is 0.375 e. The highest BCUT2D eigenvalue weighted by Crippen LogP contribution is 2.26. The van der Waals surface area contributed by atoms with Crippen molar-refractivity contribution >= 4 is 22.5 Å². The molecule has 23 heavy (non-hydrogen) atoms. The highest BCUT2D eigenvalue weighted by Gasteiger charge is 2.18. The first-order valence-electron chi connectivity index (χ1n) is 7.58. The van der Waals surface area contributed by atoms with Gasteiger partial charge in [-0.2, -0.15) is 0 Å². The van der Waals surface area contributed by atoms with E-state index in [4.69, 9.17) is 9.26 Å². The zero-order chi connectivity index (χ0) is 16.4. The molecule has 3 rings (SSSR count). The molecule has 0 radical (unpaired) electrons. The minimum Gasteiger partial charge on any atom is -0.375 e. The quantitative estimate of drug-likeness (QED) is 0.896. The van der Waals surface area contributed by atoms with Crippen molar-refractivity contribution in [3.05, 3.63) is 27.6 Å². The van der Waals surface area contributed by atoms with E-state index >= 15 is 0 Å². The Balaban J connectivity index is 1.55. The van der Waals surface area contributed by atoms with Crippen LogP contribution in [0.3, 0.4) is 0 Å². The van der Waals surface area contributed by atoms with Crippen LogP contribution in [-0.2, 0) is 24.2 Å². The number of aryl methyl sites for hydroxylation is 2. The average Bonchev–Trinajstić information content (AvgIpc) is 3.04. The molecule has 2 aromatic heterocycles.